The molecule has 0 aliphatic carbocycles. The molecule has 0 unspecified atom stereocenters. The predicted molar refractivity (Wildman–Crippen MR) is 89.8 cm³/mol. The molecule has 0 fully saturated rings. The molecule has 2 aromatic carbocycles. The number of hydrogen-bond acceptors (Lipinski definition) is 3. The number of halogens is 3. The molecule has 0 radical (unpaired) electrons. The molecule has 0 aromatic heterocycles. The average Bonchev–Trinajstić information content (AvgIpc) is 2.56. The maximum absolute atomic E-state index is 13.2. The monoisotopic (exact) mass is 369 g/mol. The molecule has 0 saturated carbocycles. The van der Waals surface area contributed by atoms with E-state index in [0.29, 0.717) is 15.6 Å². The van der Waals surface area contributed by atoms with Crippen LogP contribution in [0, 0.1) is 5.82 Å². The molecule has 0 aliphatic rings. The maximum Gasteiger partial charge on any atom is 0.328 e. The minimum absolute atomic E-state index is 0.0479. The van der Waals surface area contributed by atoms with Gasteiger partial charge in [0.2, 0.25) is 0 Å². The van der Waals surface area contributed by atoms with Gasteiger partial charge >= 0.3 is 5.97 Å². The van der Waals surface area contributed by atoms with Gasteiger partial charge in [-0.3, -0.25) is 4.79 Å². The van der Waals surface area contributed by atoms with Crippen molar-refractivity contribution in [3.05, 3.63) is 69.5 Å². The van der Waals surface area contributed by atoms with E-state index in [4.69, 9.17) is 27.9 Å². The van der Waals surface area contributed by atoms with Gasteiger partial charge in [0.05, 0.1) is 7.11 Å². The maximum atomic E-state index is 13.2. The number of amides is 1. The molecule has 1 amide bonds. The molecular weight excluding hydrogens is 356 g/mol. The number of carbonyl (C=O) groups is 2. The Bertz CT molecular complexity index is 747. The Morgan fingerprint density at radius 3 is 2.38 bits per heavy atom. The molecule has 0 aliphatic heterocycles. The summed E-state index contributed by atoms with van der Waals surface area (Å²) in [5, 5.41) is 3.26. The van der Waals surface area contributed by atoms with Crippen molar-refractivity contribution >= 4 is 35.1 Å². The number of benzene rings is 2. The Morgan fingerprint density at radius 2 is 1.79 bits per heavy atom. The van der Waals surface area contributed by atoms with Gasteiger partial charge in [-0.15, -0.1) is 0 Å². The summed E-state index contributed by atoms with van der Waals surface area (Å²) in [5.74, 6) is -1.81. The van der Waals surface area contributed by atoms with Crippen LogP contribution in [-0.4, -0.2) is 25.0 Å². The summed E-state index contributed by atoms with van der Waals surface area (Å²) in [4.78, 5) is 24.2. The summed E-state index contributed by atoms with van der Waals surface area (Å²) in [7, 11) is 1.21. The van der Waals surface area contributed by atoms with E-state index < -0.39 is 23.7 Å². The van der Waals surface area contributed by atoms with Crippen LogP contribution in [0.1, 0.15) is 15.9 Å². The van der Waals surface area contributed by atoms with E-state index in [0.717, 1.165) is 6.07 Å². The lowest BCUT2D eigenvalue weighted by molar-refractivity contribution is -0.142. The zero-order chi connectivity index (χ0) is 17.7. The summed E-state index contributed by atoms with van der Waals surface area (Å²) < 4.78 is 17.9. The van der Waals surface area contributed by atoms with Gasteiger partial charge in [0.15, 0.2) is 0 Å². The number of carbonyl (C=O) groups excluding carboxylic acids is 2. The van der Waals surface area contributed by atoms with Crippen molar-refractivity contribution in [2.75, 3.05) is 7.11 Å². The average molecular weight is 370 g/mol. The van der Waals surface area contributed by atoms with Crippen LogP contribution >= 0.6 is 23.2 Å². The normalized spacial score (nSPS) is 11.7. The Kier molecular flexibility index (Phi) is 6.17. The molecule has 1 N–H and O–H groups in total. The smallest absolute Gasteiger partial charge is 0.328 e. The second-order valence-corrected chi connectivity index (χ2v) is 5.78. The first-order valence-corrected chi connectivity index (χ1v) is 7.75. The second kappa shape index (κ2) is 8.13. The zero-order valence-electron chi connectivity index (χ0n) is 12.7. The predicted octanol–water partition coefficient (Wildman–Crippen LogP) is 3.65. The lowest BCUT2D eigenvalue weighted by Crippen LogP contribution is -2.43. The Morgan fingerprint density at radius 1 is 1.17 bits per heavy atom. The van der Waals surface area contributed by atoms with Gasteiger partial charge in [0.25, 0.3) is 5.91 Å². The molecular formula is C17H14Cl2FNO3. The Balaban J connectivity index is 2.23. The first kappa shape index (κ1) is 18.2. The molecule has 0 saturated heterocycles. The molecule has 2 aromatic rings. The summed E-state index contributed by atoms with van der Waals surface area (Å²) in [6.45, 7) is 0. The van der Waals surface area contributed by atoms with Crippen molar-refractivity contribution in [3.63, 3.8) is 0 Å². The van der Waals surface area contributed by atoms with Gasteiger partial charge in [-0.05, 0) is 35.9 Å². The summed E-state index contributed by atoms with van der Waals surface area (Å²) in [5.41, 5.74) is 0.602. The molecule has 0 heterocycles. The van der Waals surface area contributed by atoms with E-state index in [1.54, 1.807) is 18.2 Å². The fraction of sp³-hybridized carbons (Fsp3) is 0.176. The van der Waals surface area contributed by atoms with Crippen LogP contribution in [0.15, 0.2) is 42.5 Å². The van der Waals surface area contributed by atoms with Crippen molar-refractivity contribution in [3.8, 4) is 0 Å². The summed E-state index contributed by atoms with van der Waals surface area (Å²) >= 11 is 12.2. The van der Waals surface area contributed by atoms with Gasteiger partial charge in [-0.2, -0.15) is 0 Å². The van der Waals surface area contributed by atoms with E-state index in [9.17, 15) is 14.0 Å². The molecule has 7 heteroatoms. The Hall–Kier alpha value is -2.11. The zero-order valence-corrected chi connectivity index (χ0v) is 14.2. The number of hydrogen-bond donors (Lipinski definition) is 1. The first-order valence-electron chi connectivity index (χ1n) is 6.99. The first-order chi connectivity index (χ1) is 11.4. The van der Waals surface area contributed by atoms with E-state index in [1.165, 1.54) is 25.3 Å². The summed E-state index contributed by atoms with van der Waals surface area (Å²) in [6.07, 6.45) is 0.0479. The van der Waals surface area contributed by atoms with Crippen molar-refractivity contribution in [1.82, 2.24) is 5.32 Å². The van der Waals surface area contributed by atoms with Crippen molar-refractivity contribution in [2.24, 2.45) is 0 Å². The quantitative estimate of drug-likeness (QED) is 0.818. The largest absolute Gasteiger partial charge is 0.467 e. The second-order valence-electron chi connectivity index (χ2n) is 4.96. The van der Waals surface area contributed by atoms with E-state index in [1.807, 2.05) is 0 Å². The van der Waals surface area contributed by atoms with Crippen molar-refractivity contribution < 1.29 is 18.7 Å². The number of rotatable bonds is 5. The van der Waals surface area contributed by atoms with Gasteiger partial charge in [-0.1, -0.05) is 35.3 Å². The fourth-order valence-electron chi connectivity index (χ4n) is 2.14. The minimum Gasteiger partial charge on any atom is -0.467 e. The van der Waals surface area contributed by atoms with E-state index in [2.05, 4.69) is 5.32 Å². The third-order valence-electron chi connectivity index (χ3n) is 3.35. The third-order valence-corrected chi connectivity index (χ3v) is 4.06. The van der Waals surface area contributed by atoms with Gasteiger partial charge in [0.1, 0.15) is 11.9 Å². The summed E-state index contributed by atoms with van der Waals surface area (Å²) in [6, 6.07) is 9.06. The van der Waals surface area contributed by atoms with Crippen LogP contribution in [0.2, 0.25) is 10.0 Å². The van der Waals surface area contributed by atoms with E-state index >= 15 is 0 Å². The fourth-order valence-corrected chi connectivity index (χ4v) is 2.69. The van der Waals surface area contributed by atoms with Crippen LogP contribution in [0.25, 0.3) is 0 Å². The highest BCUT2D eigenvalue weighted by Gasteiger charge is 2.24. The van der Waals surface area contributed by atoms with Gasteiger partial charge in [-0.25, -0.2) is 9.18 Å². The number of ether oxygens (including phenoxy) is 1. The van der Waals surface area contributed by atoms with Crippen LogP contribution in [0.5, 0.6) is 0 Å². The standard InChI is InChI=1S/C17H14Cl2FNO3/c1-24-17(23)15(9-12-13(18)6-3-7-14(12)19)21-16(22)10-4-2-5-11(20)8-10/h2-8,15H,9H2,1H3,(H,21,22)/t15-/m0/s1. The van der Waals surface area contributed by atoms with E-state index in [-0.39, 0.29) is 12.0 Å². The van der Waals surface area contributed by atoms with Gasteiger partial charge in [0, 0.05) is 22.0 Å². The van der Waals surface area contributed by atoms with Crippen molar-refractivity contribution in [1.29, 1.82) is 0 Å². The van der Waals surface area contributed by atoms with Crippen LogP contribution in [-0.2, 0) is 16.0 Å². The topological polar surface area (TPSA) is 55.4 Å². The SMILES string of the molecule is COC(=O)[C@H](Cc1c(Cl)cccc1Cl)NC(=O)c1cccc(F)c1. The highest BCUT2D eigenvalue weighted by atomic mass is 35.5. The van der Waals surface area contributed by atoms with Crippen LogP contribution in [0.4, 0.5) is 4.39 Å². The third kappa shape index (κ3) is 4.46. The molecule has 0 bridgehead atoms. The van der Waals surface area contributed by atoms with Crippen LogP contribution in [0.3, 0.4) is 0 Å². The molecule has 1 atom stereocenters. The van der Waals surface area contributed by atoms with Crippen molar-refractivity contribution in [2.45, 2.75) is 12.5 Å². The molecule has 24 heavy (non-hydrogen) atoms. The molecule has 0 spiro atoms. The molecule has 126 valence electrons. The lowest BCUT2D eigenvalue weighted by Gasteiger charge is -2.18. The number of esters is 1. The lowest BCUT2D eigenvalue weighted by atomic mass is 10.0. The minimum atomic E-state index is -1.01. The number of methoxy groups -OCH3 is 1. The number of nitrogens with one attached hydrogen (secondary N) is 1. The van der Waals surface area contributed by atoms with Crippen LogP contribution < -0.4 is 5.32 Å². The van der Waals surface area contributed by atoms with Gasteiger partial charge < -0.3 is 10.1 Å². The highest BCUT2D eigenvalue weighted by molar-refractivity contribution is 6.36. The Labute approximate surface area is 148 Å². The molecule has 4 nitrogen and oxygen atoms in total. The molecule has 2 rings (SSSR count). The highest BCUT2D eigenvalue weighted by Crippen LogP contribution is 2.25.